The fourth-order valence-electron chi connectivity index (χ4n) is 2.67. The summed E-state index contributed by atoms with van der Waals surface area (Å²) in [5, 5.41) is 0. The molecule has 0 amide bonds. The summed E-state index contributed by atoms with van der Waals surface area (Å²) >= 11 is 0. The molecule has 1 aromatic heterocycles. The minimum absolute atomic E-state index is 0.201. The molecular formula is C13H18N2O3. The molecule has 0 radical (unpaired) electrons. The van der Waals surface area contributed by atoms with Crippen molar-refractivity contribution in [3.05, 3.63) is 17.8 Å². The molecule has 0 aliphatic carbocycles. The standard InChI is InChI=1S/C13H18N2O3/c1-9-3-4-14-13-12(9)17-7-10-5-11(6-15(10)13)18-8-16-2/h3-4,10-11H,5-8H2,1-2H3. The second kappa shape index (κ2) is 4.74. The second-order valence-electron chi connectivity index (χ2n) is 4.83. The van der Waals surface area contributed by atoms with E-state index in [2.05, 4.69) is 16.8 Å². The fraction of sp³-hybridized carbons (Fsp3) is 0.615. The second-order valence-corrected chi connectivity index (χ2v) is 4.83. The smallest absolute Gasteiger partial charge is 0.172 e. The molecule has 2 atom stereocenters. The SMILES string of the molecule is COCOC1CC2COc3c(C)ccnc3N2C1. The maximum absolute atomic E-state index is 5.83. The van der Waals surface area contributed by atoms with E-state index in [1.54, 1.807) is 7.11 Å². The predicted octanol–water partition coefficient (Wildman–Crippen LogP) is 1.35. The predicted molar refractivity (Wildman–Crippen MR) is 67.0 cm³/mol. The number of rotatable bonds is 3. The third-order valence-electron chi connectivity index (χ3n) is 3.57. The van der Waals surface area contributed by atoms with Crippen LogP contribution in [0.1, 0.15) is 12.0 Å². The van der Waals surface area contributed by atoms with Crippen LogP contribution < -0.4 is 9.64 Å². The van der Waals surface area contributed by atoms with Crippen molar-refractivity contribution in [2.45, 2.75) is 25.5 Å². The van der Waals surface area contributed by atoms with Crippen LogP contribution in [0.3, 0.4) is 0 Å². The molecule has 0 bridgehead atoms. The lowest BCUT2D eigenvalue weighted by atomic mass is 10.1. The molecule has 5 nitrogen and oxygen atoms in total. The van der Waals surface area contributed by atoms with Crippen LogP contribution in [0.25, 0.3) is 0 Å². The Hall–Kier alpha value is -1.33. The Morgan fingerprint density at radius 1 is 1.56 bits per heavy atom. The van der Waals surface area contributed by atoms with Gasteiger partial charge in [-0.2, -0.15) is 0 Å². The Morgan fingerprint density at radius 2 is 2.44 bits per heavy atom. The maximum Gasteiger partial charge on any atom is 0.172 e. The van der Waals surface area contributed by atoms with Gasteiger partial charge in [-0.25, -0.2) is 4.98 Å². The van der Waals surface area contributed by atoms with Crippen LogP contribution in [0.2, 0.25) is 0 Å². The number of hydrogen-bond donors (Lipinski definition) is 0. The Labute approximate surface area is 107 Å². The third-order valence-corrected chi connectivity index (χ3v) is 3.57. The average molecular weight is 250 g/mol. The Morgan fingerprint density at radius 3 is 3.28 bits per heavy atom. The maximum atomic E-state index is 5.83. The van der Waals surface area contributed by atoms with Gasteiger partial charge in [0.05, 0.1) is 12.1 Å². The quantitative estimate of drug-likeness (QED) is 0.758. The van der Waals surface area contributed by atoms with E-state index < -0.39 is 0 Å². The molecule has 1 aromatic rings. The first-order chi connectivity index (χ1) is 8.79. The Balaban J connectivity index is 1.80. The lowest BCUT2D eigenvalue weighted by molar-refractivity contribution is -0.0647. The van der Waals surface area contributed by atoms with Gasteiger partial charge in [-0.05, 0) is 25.0 Å². The van der Waals surface area contributed by atoms with Crippen LogP contribution in [0, 0.1) is 6.92 Å². The molecule has 18 heavy (non-hydrogen) atoms. The molecule has 0 saturated carbocycles. The van der Waals surface area contributed by atoms with Crippen molar-refractivity contribution in [3.63, 3.8) is 0 Å². The number of ether oxygens (including phenoxy) is 3. The van der Waals surface area contributed by atoms with Gasteiger partial charge in [0.1, 0.15) is 13.4 Å². The molecular weight excluding hydrogens is 232 g/mol. The molecule has 3 heterocycles. The summed E-state index contributed by atoms with van der Waals surface area (Å²) in [4.78, 5) is 6.75. The molecule has 0 spiro atoms. The van der Waals surface area contributed by atoms with Gasteiger partial charge in [0.15, 0.2) is 11.6 Å². The summed E-state index contributed by atoms with van der Waals surface area (Å²) in [6, 6.07) is 2.35. The van der Waals surface area contributed by atoms with Crippen molar-refractivity contribution in [2.24, 2.45) is 0 Å². The monoisotopic (exact) mass is 250 g/mol. The van der Waals surface area contributed by atoms with Crippen LogP contribution in [0.4, 0.5) is 5.82 Å². The summed E-state index contributed by atoms with van der Waals surface area (Å²) in [7, 11) is 1.64. The largest absolute Gasteiger partial charge is 0.487 e. The van der Waals surface area contributed by atoms with Gasteiger partial charge in [0.25, 0.3) is 0 Å². The van der Waals surface area contributed by atoms with Gasteiger partial charge < -0.3 is 19.1 Å². The van der Waals surface area contributed by atoms with Crippen molar-refractivity contribution >= 4 is 5.82 Å². The number of aryl methyl sites for hydroxylation is 1. The number of pyridine rings is 1. The summed E-state index contributed by atoms with van der Waals surface area (Å²) in [5.41, 5.74) is 1.14. The molecule has 1 fully saturated rings. The Bertz CT molecular complexity index is 438. The molecule has 1 saturated heterocycles. The molecule has 98 valence electrons. The van der Waals surface area contributed by atoms with Crippen LogP contribution in [-0.4, -0.2) is 44.2 Å². The van der Waals surface area contributed by atoms with Crippen molar-refractivity contribution in [2.75, 3.05) is 32.0 Å². The van der Waals surface area contributed by atoms with E-state index in [1.807, 2.05) is 12.3 Å². The van der Waals surface area contributed by atoms with Crippen LogP contribution >= 0.6 is 0 Å². The van der Waals surface area contributed by atoms with E-state index in [1.165, 1.54) is 0 Å². The first kappa shape index (κ1) is 11.7. The van der Waals surface area contributed by atoms with Crippen molar-refractivity contribution in [3.8, 4) is 5.75 Å². The Kier molecular flexibility index (Phi) is 3.09. The van der Waals surface area contributed by atoms with Crippen molar-refractivity contribution in [1.29, 1.82) is 0 Å². The highest BCUT2D eigenvalue weighted by molar-refractivity contribution is 5.59. The molecule has 2 aliphatic rings. The number of fused-ring (bicyclic) bond motifs is 3. The van der Waals surface area contributed by atoms with Crippen LogP contribution in [0.15, 0.2) is 12.3 Å². The van der Waals surface area contributed by atoms with Gasteiger partial charge in [0.2, 0.25) is 0 Å². The van der Waals surface area contributed by atoms with E-state index >= 15 is 0 Å². The highest BCUT2D eigenvalue weighted by Gasteiger charge is 2.38. The molecule has 2 unspecified atom stereocenters. The number of methoxy groups -OCH3 is 1. The first-order valence-corrected chi connectivity index (χ1v) is 6.25. The zero-order chi connectivity index (χ0) is 12.5. The summed E-state index contributed by atoms with van der Waals surface area (Å²) in [5.74, 6) is 1.87. The molecule has 0 aromatic carbocycles. The molecule has 2 aliphatic heterocycles. The van der Waals surface area contributed by atoms with E-state index in [4.69, 9.17) is 14.2 Å². The van der Waals surface area contributed by atoms with Gasteiger partial charge in [-0.15, -0.1) is 0 Å². The first-order valence-electron chi connectivity index (χ1n) is 6.25. The minimum atomic E-state index is 0.201. The summed E-state index contributed by atoms with van der Waals surface area (Å²) < 4.78 is 16.4. The van der Waals surface area contributed by atoms with E-state index in [0.717, 1.165) is 30.1 Å². The van der Waals surface area contributed by atoms with E-state index in [9.17, 15) is 0 Å². The normalized spacial score (nSPS) is 25.6. The zero-order valence-electron chi connectivity index (χ0n) is 10.8. The average Bonchev–Trinajstić information content (AvgIpc) is 2.80. The molecule has 5 heteroatoms. The van der Waals surface area contributed by atoms with Crippen LogP contribution in [-0.2, 0) is 9.47 Å². The number of aromatic nitrogens is 1. The van der Waals surface area contributed by atoms with Gasteiger partial charge in [-0.3, -0.25) is 0 Å². The fourth-order valence-corrected chi connectivity index (χ4v) is 2.67. The number of anilines is 1. The minimum Gasteiger partial charge on any atom is -0.487 e. The molecule has 3 rings (SSSR count). The highest BCUT2D eigenvalue weighted by Crippen LogP contribution is 2.38. The van der Waals surface area contributed by atoms with Gasteiger partial charge in [-0.1, -0.05) is 0 Å². The number of hydrogen-bond acceptors (Lipinski definition) is 5. The summed E-state index contributed by atoms with van der Waals surface area (Å²) in [6.45, 7) is 3.98. The third kappa shape index (κ3) is 1.93. The highest BCUT2D eigenvalue weighted by atomic mass is 16.7. The zero-order valence-corrected chi connectivity index (χ0v) is 10.8. The van der Waals surface area contributed by atoms with Crippen LogP contribution in [0.5, 0.6) is 5.75 Å². The van der Waals surface area contributed by atoms with E-state index in [0.29, 0.717) is 19.4 Å². The molecule has 0 N–H and O–H groups in total. The van der Waals surface area contributed by atoms with Crippen molar-refractivity contribution < 1.29 is 14.2 Å². The lowest BCUT2D eigenvalue weighted by Gasteiger charge is -2.32. The van der Waals surface area contributed by atoms with Crippen molar-refractivity contribution in [1.82, 2.24) is 4.98 Å². The van der Waals surface area contributed by atoms with Gasteiger partial charge in [0, 0.05) is 19.9 Å². The lowest BCUT2D eigenvalue weighted by Crippen LogP contribution is -2.39. The number of nitrogens with zero attached hydrogens (tertiary/aromatic N) is 2. The topological polar surface area (TPSA) is 43.8 Å². The van der Waals surface area contributed by atoms with Gasteiger partial charge >= 0.3 is 0 Å². The van der Waals surface area contributed by atoms with E-state index in [-0.39, 0.29) is 6.10 Å². The summed E-state index contributed by atoms with van der Waals surface area (Å²) in [6.07, 6.45) is 3.01.